The number of carbonyl (C=O) groups is 2. The van der Waals surface area contributed by atoms with Crippen LogP contribution in [0.1, 0.15) is 20.7 Å². The Bertz CT molecular complexity index is 462. The molecule has 2 aromatic carbocycles. The van der Waals surface area contributed by atoms with Gasteiger partial charge >= 0.3 is 18.6 Å². The van der Waals surface area contributed by atoms with Crippen LogP contribution in [-0.4, -0.2) is 11.9 Å². The number of carbonyl (C=O) groups excluding carboxylic acids is 2. The summed E-state index contributed by atoms with van der Waals surface area (Å²) in [4.78, 5) is 20.2. The predicted octanol–water partition coefficient (Wildman–Crippen LogP) is 0.0977. The Labute approximate surface area is 122 Å². The van der Waals surface area contributed by atoms with Crippen molar-refractivity contribution in [3.8, 4) is 0 Å². The van der Waals surface area contributed by atoms with Crippen molar-refractivity contribution in [3.05, 3.63) is 71.8 Å². The summed E-state index contributed by atoms with van der Waals surface area (Å²) < 4.78 is 0. The Kier molecular flexibility index (Phi) is 8.01. The van der Waals surface area contributed by atoms with Crippen molar-refractivity contribution in [1.82, 2.24) is 0 Å². The smallest absolute Gasteiger partial charge is 0.545 e. The molecule has 0 aliphatic carbocycles. The molecule has 0 unspecified atom stereocenters. The second kappa shape index (κ2) is 8.97. The Morgan fingerprint density at radius 1 is 0.632 bits per heavy atom. The molecule has 0 bridgehead atoms. The molecule has 19 heavy (non-hydrogen) atoms. The predicted molar refractivity (Wildman–Crippen MR) is 61.5 cm³/mol. The fraction of sp³-hybridized carbons (Fsp3) is 0. The van der Waals surface area contributed by atoms with Gasteiger partial charge in [0.15, 0.2) is 0 Å². The normalized spacial score (nSPS) is 8.42. The first-order valence-corrected chi connectivity index (χ1v) is 5.14. The summed E-state index contributed by atoms with van der Waals surface area (Å²) in [5.41, 5.74) is 0.440. The van der Waals surface area contributed by atoms with Crippen LogP contribution in [0.15, 0.2) is 60.7 Å². The van der Waals surface area contributed by atoms with Crippen LogP contribution in [0.2, 0.25) is 0 Å². The van der Waals surface area contributed by atoms with Gasteiger partial charge in [0.1, 0.15) is 0 Å². The molecule has 2 aromatic rings. The van der Waals surface area contributed by atoms with Crippen LogP contribution >= 0.6 is 0 Å². The zero-order valence-electron chi connectivity index (χ0n) is 9.85. The van der Waals surface area contributed by atoms with Crippen LogP contribution in [0.3, 0.4) is 0 Å². The van der Waals surface area contributed by atoms with Crippen LogP contribution in [-0.2, 0) is 18.6 Å². The quantitative estimate of drug-likeness (QED) is 0.786. The van der Waals surface area contributed by atoms with Crippen LogP contribution in [0.4, 0.5) is 0 Å². The van der Waals surface area contributed by atoms with E-state index in [0.29, 0.717) is 0 Å². The average molecular weight is 293 g/mol. The van der Waals surface area contributed by atoms with E-state index in [2.05, 4.69) is 0 Å². The molecule has 0 aliphatic heterocycles. The van der Waals surface area contributed by atoms with Gasteiger partial charge in [-0.15, -0.1) is 0 Å². The Morgan fingerprint density at radius 3 is 1.05 bits per heavy atom. The molecular weight excluding hydrogens is 283 g/mol. The Hall–Kier alpha value is -2.04. The van der Waals surface area contributed by atoms with Gasteiger partial charge in [0, 0.05) is 0 Å². The molecule has 5 heteroatoms. The molecular formula is C14H10O4V. The SMILES string of the molecule is O=C([O-])c1ccccc1.O=C([O-])c1ccccc1.[V+2]. The molecule has 95 valence electrons. The molecule has 4 nitrogen and oxygen atoms in total. The maximum atomic E-state index is 10.1. The van der Waals surface area contributed by atoms with Crippen LogP contribution in [0, 0.1) is 0 Å². The number of aromatic carboxylic acids is 2. The number of hydrogen-bond donors (Lipinski definition) is 0. The topological polar surface area (TPSA) is 80.3 Å². The number of rotatable bonds is 2. The van der Waals surface area contributed by atoms with Gasteiger partial charge in [0.2, 0.25) is 0 Å². The minimum absolute atomic E-state index is 0. The van der Waals surface area contributed by atoms with Gasteiger partial charge in [-0.05, 0) is 11.1 Å². The summed E-state index contributed by atoms with van der Waals surface area (Å²) in [6.45, 7) is 0. The average Bonchev–Trinajstić information content (AvgIpc) is 2.41. The van der Waals surface area contributed by atoms with Gasteiger partial charge in [-0.2, -0.15) is 0 Å². The fourth-order valence-corrected chi connectivity index (χ4v) is 1.15. The van der Waals surface area contributed by atoms with Gasteiger partial charge in [-0.3, -0.25) is 0 Å². The number of carboxylic acids is 2. The molecule has 0 amide bonds. The van der Waals surface area contributed by atoms with E-state index < -0.39 is 11.9 Å². The van der Waals surface area contributed by atoms with E-state index in [9.17, 15) is 19.8 Å². The molecule has 0 saturated heterocycles. The summed E-state index contributed by atoms with van der Waals surface area (Å²) >= 11 is 0. The zero-order chi connectivity index (χ0) is 13.4. The molecule has 0 aromatic heterocycles. The Morgan fingerprint density at radius 2 is 0.895 bits per heavy atom. The van der Waals surface area contributed by atoms with E-state index in [4.69, 9.17) is 0 Å². The summed E-state index contributed by atoms with van der Waals surface area (Å²) in [5.74, 6) is -2.26. The first kappa shape index (κ1) is 17.0. The first-order valence-electron chi connectivity index (χ1n) is 5.14. The molecule has 1 radical (unpaired) electrons. The molecule has 2 rings (SSSR count). The van der Waals surface area contributed by atoms with Crippen molar-refractivity contribution in [2.24, 2.45) is 0 Å². The largest absolute Gasteiger partial charge is 2.00 e. The third-order valence-electron chi connectivity index (χ3n) is 2.02. The van der Waals surface area contributed by atoms with Crippen LogP contribution in [0.5, 0.6) is 0 Å². The first-order chi connectivity index (χ1) is 8.61. The van der Waals surface area contributed by atoms with Gasteiger partial charge in [-0.1, -0.05) is 60.7 Å². The van der Waals surface area contributed by atoms with Crippen molar-refractivity contribution < 1.29 is 38.4 Å². The third kappa shape index (κ3) is 6.45. The van der Waals surface area contributed by atoms with Crippen molar-refractivity contribution in [3.63, 3.8) is 0 Å². The van der Waals surface area contributed by atoms with E-state index in [-0.39, 0.29) is 29.7 Å². The summed E-state index contributed by atoms with van der Waals surface area (Å²) in [7, 11) is 0. The van der Waals surface area contributed by atoms with Crippen LogP contribution in [0.25, 0.3) is 0 Å². The van der Waals surface area contributed by atoms with Gasteiger partial charge in [0.25, 0.3) is 0 Å². The van der Waals surface area contributed by atoms with E-state index in [1.807, 2.05) is 0 Å². The molecule has 0 spiro atoms. The van der Waals surface area contributed by atoms with Gasteiger partial charge in [-0.25, -0.2) is 0 Å². The monoisotopic (exact) mass is 293 g/mol. The number of benzene rings is 2. The molecule has 0 N–H and O–H groups in total. The number of carboxylic acid groups (broad SMARTS) is 2. The van der Waals surface area contributed by atoms with Crippen molar-refractivity contribution in [2.75, 3.05) is 0 Å². The molecule has 0 atom stereocenters. The van der Waals surface area contributed by atoms with E-state index in [1.165, 1.54) is 24.3 Å². The number of hydrogen-bond acceptors (Lipinski definition) is 4. The van der Waals surface area contributed by atoms with E-state index in [0.717, 1.165) is 0 Å². The summed E-state index contributed by atoms with van der Waals surface area (Å²) in [6, 6.07) is 16.1. The fourth-order valence-electron chi connectivity index (χ4n) is 1.15. The van der Waals surface area contributed by atoms with Gasteiger partial charge in [0.05, 0.1) is 11.9 Å². The second-order valence-electron chi connectivity index (χ2n) is 3.31. The maximum absolute atomic E-state index is 10.1. The molecule has 0 saturated carbocycles. The van der Waals surface area contributed by atoms with Gasteiger partial charge < -0.3 is 19.8 Å². The molecule has 0 heterocycles. The standard InChI is InChI=1S/2C7H6O2.V/c2*8-7(9)6-4-2-1-3-5-6;/h2*1-5H,(H,8,9);/q;;+2/p-2. The maximum Gasteiger partial charge on any atom is 2.00 e. The van der Waals surface area contributed by atoms with Crippen molar-refractivity contribution in [1.29, 1.82) is 0 Å². The summed E-state index contributed by atoms with van der Waals surface area (Å²) in [5, 5.41) is 20.2. The minimum Gasteiger partial charge on any atom is -0.545 e. The van der Waals surface area contributed by atoms with Crippen LogP contribution < -0.4 is 10.2 Å². The van der Waals surface area contributed by atoms with E-state index >= 15 is 0 Å². The molecule has 0 fully saturated rings. The van der Waals surface area contributed by atoms with Crippen molar-refractivity contribution in [2.45, 2.75) is 0 Å². The van der Waals surface area contributed by atoms with E-state index in [1.54, 1.807) is 36.4 Å². The Balaban J connectivity index is 0.000000324. The molecule has 0 aliphatic rings. The minimum atomic E-state index is -1.13. The third-order valence-corrected chi connectivity index (χ3v) is 2.02. The zero-order valence-corrected chi connectivity index (χ0v) is 11.3. The summed E-state index contributed by atoms with van der Waals surface area (Å²) in [6.07, 6.45) is 0. The second-order valence-corrected chi connectivity index (χ2v) is 3.31. The van der Waals surface area contributed by atoms with Crippen molar-refractivity contribution >= 4 is 11.9 Å².